The molecule has 4 heterocycles. The molecule has 0 aliphatic carbocycles. The van der Waals surface area contributed by atoms with Crippen LogP contribution < -0.4 is 5.32 Å². The largest absolute Gasteiger partial charge is 0.353 e. The number of aromatic nitrogens is 5. The summed E-state index contributed by atoms with van der Waals surface area (Å²) in [4.78, 5) is 16.2. The molecular formula is C18H17ClN6. The normalized spacial score (nSPS) is 11.1. The Morgan fingerprint density at radius 1 is 1.08 bits per heavy atom. The second-order valence-corrected chi connectivity index (χ2v) is 6.24. The molecule has 0 atom stereocenters. The van der Waals surface area contributed by atoms with Gasteiger partial charge < -0.3 is 14.9 Å². The third-order valence-electron chi connectivity index (χ3n) is 4.00. The third kappa shape index (κ3) is 3.64. The summed E-state index contributed by atoms with van der Waals surface area (Å²) in [6, 6.07) is 5.95. The van der Waals surface area contributed by atoms with Crippen molar-refractivity contribution in [2.75, 3.05) is 11.9 Å². The summed E-state index contributed by atoms with van der Waals surface area (Å²) in [5.74, 6) is 0.638. The van der Waals surface area contributed by atoms with Crippen molar-refractivity contribution in [3.63, 3.8) is 0 Å². The maximum Gasteiger partial charge on any atom is 0.222 e. The predicted octanol–water partition coefficient (Wildman–Crippen LogP) is 3.51. The highest BCUT2D eigenvalue weighted by molar-refractivity contribution is 6.31. The van der Waals surface area contributed by atoms with Crippen LogP contribution in [0.15, 0.2) is 55.4 Å². The number of anilines is 1. The van der Waals surface area contributed by atoms with Gasteiger partial charge in [-0.15, -0.1) is 0 Å². The van der Waals surface area contributed by atoms with Crippen molar-refractivity contribution in [1.29, 1.82) is 0 Å². The van der Waals surface area contributed by atoms with Gasteiger partial charge in [0.2, 0.25) is 5.95 Å². The lowest BCUT2D eigenvalue weighted by Crippen LogP contribution is -2.11. The highest BCUT2D eigenvalue weighted by atomic mass is 35.5. The lowest BCUT2D eigenvalue weighted by molar-refractivity contribution is 0.729. The Morgan fingerprint density at radius 3 is 2.68 bits per heavy atom. The summed E-state index contributed by atoms with van der Waals surface area (Å²) < 4.78 is 2.11. The van der Waals surface area contributed by atoms with Gasteiger partial charge in [-0.2, -0.15) is 0 Å². The van der Waals surface area contributed by atoms with Crippen LogP contribution in [-0.4, -0.2) is 31.0 Å². The molecule has 25 heavy (non-hydrogen) atoms. The van der Waals surface area contributed by atoms with E-state index in [1.54, 1.807) is 6.20 Å². The van der Waals surface area contributed by atoms with Crippen molar-refractivity contribution < 1.29 is 0 Å². The fraction of sp³-hybridized carbons (Fsp3) is 0.167. The van der Waals surface area contributed by atoms with Crippen LogP contribution in [0, 0.1) is 0 Å². The third-order valence-corrected chi connectivity index (χ3v) is 4.21. The number of nitrogens with zero attached hydrogens (tertiary/aromatic N) is 4. The van der Waals surface area contributed by atoms with Crippen LogP contribution in [0.4, 0.5) is 5.95 Å². The van der Waals surface area contributed by atoms with Gasteiger partial charge in [-0.05, 0) is 29.3 Å². The van der Waals surface area contributed by atoms with Crippen molar-refractivity contribution in [3.8, 4) is 0 Å². The molecule has 0 spiro atoms. The topological polar surface area (TPSA) is 71.4 Å². The predicted molar refractivity (Wildman–Crippen MR) is 98.9 cm³/mol. The zero-order valence-electron chi connectivity index (χ0n) is 13.5. The zero-order chi connectivity index (χ0) is 17.1. The van der Waals surface area contributed by atoms with E-state index in [-0.39, 0.29) is 0 Å². The monoisotopic (exact) mass is 352 g/mol. The molecule has 0 unspecified atom stereocenters. The van der Waals surface area contributed by atoms with Gasteiger partial charge in [-0.3, -0.25) is 0 Å². The highest BCUT2D eigenvalue weighted by Gasteiger charge is 2.07. The van der Waals surface area contributed by atoms with E-state index in [4.69, 9.17) is 11.6 Å². The van der Waals surface area contributed by atoms with Crippen LogP contribution in [0.2, 0.25) is 5.02 Å². The molecule has 0 aliphatic heterocycles. The van der Waals surface area contributed by atoms with E-state index in [9.17, 15) is 0 Å². The number of fused-ring (bicyclic) bond motifs is 1. The Labute approximate surface area is 149 Å². The standard InChI is InChI=1S/C18H17ClN6/c19-15-8-16-14(11-21-17(16)22-12-15)7-13-9-23-18(24-10-13)20-3-6-25-4-1-2-5-25/h1-2,4-5,8-12H,3,6-7H2,(H,21,22)(H,20,23,24). The smallest absolute Gasteiger partial charge is 0.222 e. The SMILES string of the molecule is Clc1cnc2[nH]cc(Cc3cnc(NCCn4cccc4)nc3)c2c1. The Kier molecular flexibility index (Phi) is 4.35. The minimum atomic E-state index is 0.631. The van der Waals surface area contributed by atoms with E-state index in [0.717, 1.165) is 41.7 Å². The van der Waals surface area contributed by atoms with E-state index < -0.39 is 0 Å². The highest BCUT2D eigenvalue weighted by Crippen LogP contribution is 2.22. The van der Waals surface area contributed by atoms with E-state index >= 15 is 0 Å². The number of aromatic amines is 1. The van der Waals surface area contributed by atoms with Gasteiger partial charge >= 0.3 is 0 Å². The van der Waals surface area contributed by atoms with Gasteiger partial charge in [-0.1, -0.05) is 11.6 Å². The summed E-state index contributed by atoms with van der Waals surface area (Å²) in [7, 11) is 0. The Balaban J connectivity index is 1.40. The molecule has 0 bridgehead atoms. The molecule has 0 aliphatic rings. The van der Waals surface area contributed by atoms with E-state index in [2.05, 4.69) is 29.8 Å². The number of H-pyrrole nitrogens is 1. The number of nitrogens with one attached hydrogen (secondary N) is 2. The quantitative estimate of drug-likeness (QED) is 0.557. The van der Waals surface area contributed by atoms with Gasteiger partial charge in [0, 0.05) is 62.1 Å². The Bertz CT molecular complexity index is 959. The first-order chi connectivity index (χ1) is 12.3. The number of hydrogen-bond donors (Lipinski definition) is 2. The maximum atomic E-state index is 6.05. The zero-order valence-corrected chi connectivity index (χ0v) is 14.2. The van der Waals surface area contributed by atoms with Gasteiger partial charge in [0.15, 0.2) is 0 Å². The summed E-state index contributed by atoms with van der Waals surface area (Å²) in [5.41, 5.74) is 3.00. The van der Waals surface area contributed by atoms with Crippen molar-refractivity contribution in [3.05, 3.63) is 71.5 Å². The number of pyridine rings is 1. The number of hydrogen-bond acceptors (Lipinski definition) is 4. The fourth-order valence-electron chi connectivity index (χ4n) is 2.75. The van der Waals surface area contributed by atoms with Crippen LogP contribution in [0.1, 0.15) is 11.1 Å². The molecule has 7 heteroatoms. The van der Waals surface area contributed by atoms with Crippen LogP contribution in [-0.2, 0) is 13.0 Å². The molecule has 6 nitrogen and oxygen atoms in total. The number of rotatable bonds is 6. The van der Waals surface area contributed by atoms with Crippen molar-refractivity contribution in [2.45, 2.75) is 13.0 Å². The first-order valence-corrected chi connectivity index (χ1v) is 8.43. The average Bonchev–Trinajstić information content (AvgIpc) is 3.27. The molecule has 4 rings (SSSR count). The Hall–Kier alpha value is -2.86. The first-order valence-electron chi connectivity index (χ1n) is 8.05. The fourth-order valence-corrected chi connectivity index (χ4v) is 2.91. The van der Waals surface area contributed by atoms with Crippen LogP contribution in [0.5, 0.6) is 0 Å². The van der Waals surface area contributed by atoms with Crippen molar-refractivity contribution in [2.24, 2.45) is 0 Å². The molecule has 126 valence electrons. The summed E-state index contributed by atoms with van der Waals surface area (Å²) >= 11 is 6.05. The van der Waals surface area contributed by atoms with Gasteiger partial charge in [0.25, 0.3) is 0 Å². The lowest BCUT2D eigenvalue weighted by atomic mass is 10.1. The van der Waals surface area contributed by atoms with Crippen LogP contribution >= 0.6 is 11.6 Å². The molecule has 0 saturated carbocycles. The molecule has 0 aromatic carbocycles. The van der Waals surface area contributed by atoms with E-state index in [1.807, 2.05) is 49.2 Å². The minimum Gasteiger partial charge on any atom is -0.353 e. The number of halogens is 1. The van der Waals surface area contributed by atoms with Gasteiger partial charge in [0.1, 0.15) is 5.65 Å². The summed E-state index contributed by atoms with van der Waals surface area (Å²) in [5, 5.41) is 4.89. The summed E-state index contributed by atoms with van der Waals surface area (Å²) in [6.07, 6.45) is 12.1. The van der Waals surface area contributed by atoms with Gasteiger partial charge in [-0.25, -0.2) is 15.0 Å². The van der Waals surface area contributed by atoms with Crippen molar-refractivity contribution in [1.82, 2.24) is 24.5 Å². The van der Waals surface area contributed by atoms with E-state index in [0.29, 0.717) is 11.0 Å². The second-order valence-electron chi connectivity index (χ2n) is 5.80. The minimum absolute atomic E-state index is 0.631. The van der Waals surface area contributed by atoms with Crippen molar-refractivity contribution >= 4 is 28.6 Å². The lowest BCUT2D eigenvalue weighted by Gasteiger charge is -2.06. The molecule has 0 fully saturated rings. The van der Waals surface area contributed by atoms with Crippen LogP contribution in [0.3, 0.4) is 0 Å². The maximum absolute atomic E-state index is 6.05. The average molecular weight is 353 g/mol. The second kappa shape index (κ2) is 6.94. The molecule has 2 N–H and O–H groups in total. The molecular weight excluding hydrogens is 336 g/mol. The van der Waals surface area contributed by atoms with Gasteiger partial charge in [0.05, 0.1) is 5.02 Å². The molecule has 0 radical (unpaired) electrons. The molecule has 0 amide bonds. The first kappa shape index (κ1) is 15.7. The summed E-state index contributed by atoms with van der Waals surface area (Å²) in [6.45, 7) is 1.65. The molecule has 4 aromatic heterocycles. The molecule has 0 saturated heterocycles. The molecule has 4 aromatic rings. The van der Waals surface area contributed by atoms with Crippen LogP contribution in [0.25, 0.3) is 11.0 Å². The van der Waals surface area contributed by atoms with E-state index in [1.165, 1.54) is 0 Å². The Morgan fingerprint density at radius 2 is 1.88 bits per heavy atom.